The van der Waals surface area contributed by atoms with Gasteiger partial charge < -0.3 is 25.8 Å². The van der Waals surface area contributed by atoms with Gasteiger partial charge in [0.1, 0.15) is 0 Å². The summed E-state index contributed by atoms with van der Waals surface area (Å²) in [5.41, 5.74) is 10.9. The largest absolute Gasteiger partial charge is 0.465 e. The summed E-state index contributed by atoms with van der Waals surface area (Å²) in [4.78, 5) is 25.4. The highest BCUT2D eigenvalue weighted by atomic mass is 79.9. The summed E-state index contributed by atoms with van der Waals surface area (Å²) >= 11 is 16.2. The lowest BCUT2D eigenvalue weighted by Gasteiger charge is -2.38. The van der Waals surface area contributed by atoms with Crippen LogP contribution < -0.4 is 16.4 Å². The predicted molar refractivity (Wildman–Crippen MR) is 210 cm³/mol. The molecule has 0 saturated heterocycles. The average molecular weight is 790 g/mol. The first-order valence-electron chi connectivity index (χ1n) is 18.2. The van der Waals surface area contributed by atoms with E-state index in [0.717, 1.165) is 79.1 Å². The van der Waals surface area contributed by atoms with Crippen molar-refractivity contribution in [1.29, 1.82) is 0 Å². The van der Waals surface area contributed by atoms with Gasteiger partial charge in [0.05, 0.1) is 46.6 Å². The number of rotatable bonds is 20. The van der Waals surface area contributed by atoms with Crippen molar-refractivity contribution < 1.29 is 19.1 Å². The van der Waals surface area contributed by atoms with Gasteiger partial charge in [-0.3, -0.25) is 4.79 Å². The standard InChI is InChI=1S/C40H52BrCl2N3O4/c1-2-40(21-12-9-13-22-40)45-28-31-25-30(26-32(41)37(31)44)39(48)50-24-15-8-6-4-3-5-7-14-23-49-36(47)27-29-17-10-11-20-35(29)46-38-33(42)18-16-19-34(38)43/h10-11,16-20,25-26,45-46H,2-9,12-15,21-24,27-28,44H2,1H3. The van der Waals surface area contributed by atoms with Gasteiger partial charge in [-0.25, -0.2) is 4.79 Å². The molecule has 0 radical (unpaired) electrons. The normalized spacial score (nSPS) is 13.9. The fourth-order valence-corrected chi connectivity index (χ4v) is 7.55. The Balaban J connectivity index is 1.04. The van der Waals surface area contributed by atoms with Gasteiger partial charge in [-0.2, -0.15) is 0 Å². The van der Waals surface area contributed by atoms with Crippen molar-refractivity contribution in [2.75, 3.05) is 24.3 Å². The number of nitrogens with two attached hydrogens (primary N) is 1. The third-order valence-corrected chi connectivity index (χ3v) is 11.0. The van der Waals surface area contributed by atoms with Gasteiger partial charge >= 0.3 is 11.9 Å². The summed E-state index contributed by atoms with van der Waals surface area (Å²) in [6.45, 7) is 3.71. The number of unbranched alkanes of at least 4 members (excludes halogenated alkanes) is 7. The maximum atomic E-state index is 12.8. The van der Waals surface area contributed by atoms with Crippen LogP contribution in [0, 0.1) is 0 Å². The van der Waals surface area contributed by atoms with E-state index in [1.54, 1.807) is 24.3 Å². The molecule has 0 aliphatic heterocycles. The van der Waals surface area contributed by atoms with E-state index < -0.39 is 0 Å². The number of halogens is 3. The number of ether oxygens (including phenoxy) is 2. The monoisotopic (exact) mass is 787 g/mol. The molecule has 4 rings (SSSR count). The van der Waals surface area contributed by atoms with Gasteiger partial charge in [-0.1, -0.05) is 112 Å². The highest BCUT2D eigenvalue weighted by Gasteiger charge is 2.29. The second-order valence-corrected chi connectivity index (χ2v) is 15.0. The van der Waals surface area contributed by atoms with E-state index in [1.165, 1.54) is 32.1 Å². The van der Waals surface area contributed by atoms with Crippen molar-refractivity contribution in [2.24, 2.45) is 0 Å². The minimum atomic E-state index is -0.307. The van der Waals surface area contributed by atoms with Crippen LogP contribution in [-0.4, -0.2) is 30.7 Å². The Hall–Kier alpha value is -2.78. The van der Waals surface area contributed by atoms with Crippen LogP contribution >= 0.6 is 39.1 Å². The lowest BCUT2D eigenvalue weighted by atomic mass is 9.79. The van der Waals surface area contributed by atoms with Crippen molar-refractivity contribution in [3.63, 3.8) is 0 Å². The van der Waals surface area contributed by atoms with Gasteiger partial charge in [0, 0.05) is 22.2 Å². The Labute approximate surface area is 316 Å². The van der Waals surface area contributed by atoms with Crippen LogP contribution in [0.3, 0.4) is 0 Å². The molecule has 0 atom stereocenters. The van der Waals surface area contributed by atoms with Gasteiger partial charge in [-0.15, -0.1) is 0 Å². The predicted octanol–water partition coefficient (Wildman–Crippen LogP) is 11.3. The number of esters is 2. The number of benzene rings is 3. The molecule has 272 valence electrons. The summed E-state index contributed by atoms with van der Waals surface area (Å²) in [6, 6.07) is 16.5. The van der Waals surface area contributed by atoms with Gasteiger partial charge in [0.25, 0.3) is 0 Å². The van der Waals surface area contributed by atoms with Crippen molar-refractivity contribution >= 4 is 68.1 Å². The third-order valence-electron chi connectivity index (χ3n) is 9.70. The van der Waals surface area contributed by atoms with Crippen LogP contribution in [0.2, 0.25) is 10.0 Å². The Kier molecular flexibility index (Phi) is 16.7. The molecule has 0 heterocycles. The van der Waals surface area contributed by atoms with Gasteiger partial charge in [0.2, 0.25) is 0 Å². The highest BCUT2D eigenvalue weighted by Crippen LogP contribution is 2.34. The zero-order valence-electron chi connectivity index (χ0n) is 29.3. The molecule has 0 amide bonds. The number of hydrogen-bond acceptors (Lipinski definition) is 7. The van der Waals surface area contributed by atoms with Crippen LogP contribution in [0.25, 0.3) is 0 Å². The number of anilines is 3. The zero-order valence-corrected chi connectivity index (χ0v) is 32.4. The highest BCUT2D eigenvalue weighted by molar-refractivity contribution is 9.10. The quantitative estimate of drug-likeness (QED) is 0.0595. The van der Waals surface area contributed by atoms with E-state index >= 15 is 0 Å². The molecule has 0 aromatic heterocycles. The Morgan fingerprint density at radius 3 is 2.10 bits per heavy atom. The number of para-hydroxylation sites is 2. The number of carbonyl (C=O) groups excluding carboxylic acids is 2. The Morgan fingerprint density at radius 1 is 0.820 bits per heavy atom. The van der Waals surface area contributed by atoms with Crippen molar-refractivity contribution in [2.45, 2.75) is 115 Å². The summed E-state index contributed by atoms with van der Waals surface area (Å²) in [5, 5.41) is 8.04. The van der Waals surface area contributed by atoms with Gasteiger partial charge in [-0.05, 0) is 89.5 Å². The average Bonchev–Trinajstić information content (AvgIpc) is 3.11. The molecule has 3 aromatic carbocycles. The smallest absolute Gasteiger partial charge is 0.338 e. The number of hydrogen-bond donors (Lipinski definition) is 3. The molecular formula is C40H52BrCl2N3O4. The van der Waals surface area contributed by atoms with E-state index in [1.807, 2.05) is 30.3 Å². The summed E-state index contributed by atoms with van der Waals surface area (Å²) < 4.78 is 11.9. The summed E-state index contributed by atoms with van der Waals surface area (Å²) in [6.07, 6.45) is 15.6. The molecule has 7 nitrogen and oxygen atoms in total. The van der Waals surface area contributed by atoms with E-state index in [0.29, 0.717) is 46.7 Å². The van der Waals surface area contributed by atoms with Crippen LogP contribution in [-0.2, 0) is 27.2 Å². The number of nitrogen functional groups attached to an aromatic ring is 1. The van der Waals surface area contributed by atoms with Crippen molar-refractivity contribution in [1.82, 2.24) is 5.32 Å². The maximum Gasteiger partial charge on any atom is 0.338 e. The number of carbonyl (C=O) groups is 2. The van der Waals surface area contributed by atoms with Gasteiger partial charge in [0.15, 0.2) is 0 Å². The lowest BCUT2D eigenvalue weighted by Crippen LogP contribution is -2.45. The maximum absolute atomic E-state index is 12.8. The van der Waals surface area contributed by atoms with E-state index in [2.05, 4.69) is 33.5 Å². The Bertz CT molecular complexity index is 1530. The number of nitrogens with one attached hydrogen (secondary N) is 2. The molecule has 50 heavy (non-hydrogen) atoms. The second-order valence-electron chi connectivity index (χ2n) is 13.3. The summed E-state index contributed by atoms with van der Waals surface area (Å²) in [7, 11) is 0. The minimum absolute atomic E-state index is 0.157. The molecular weight excluding hydrogens is 737 g/mol. The van der Waals surface area contributed by atoms with Crippen molar-refractivity contribution in [3.8, 4) is 0 Å². The van der Waals surface area contributed by atoms with Crippen LogP contribution in [0.4, 0.5) is 17.1 Å². The van der Waals surface area contributed by atoms with E-state index in [9.17, 15) is 9.59 Å². The first kappa shape index (κ1) is 40.0. The SMILES string of the molecule is CCC1(NCc2cc(C(=O)OCCCCCCCCCCOC(=O)Cc3ccccc3Nc3c(Cl)cccc3Cl)cc(Br)c2N)CCCCC1. The molecule has 1 aliphatic carbocycles. The molecule has 4 N–H and O–H groups in total. The van der Waals surface area contributed by atoms with Crippen molar-refractivity contribution in [3.05, 3.63) is 85.8 Å². The second kappa shape index (κ2) is 20.9. The molecule has 1 fully saturated rings. The Morgan fingerprint density at radius 2 is 1.44 bits per heavy atom. The molecule has 0 bridgehead atoms. The summed E-state index contributed by atoms with van der Waals surface area (Å²) in [5.74, 6) is -0.565. The fraction of sp³-hybridized carbons (Fsp3) is 0.500. The molecule has 3 aromatic rings. The van der Waals surface area contributed by atoms with Crippen LogP contribution in [0.5, 0.6) is 0 Å². The lowest BCUT2D eigenvalue weighted by molar-refractivity contribution is -0.142. The van der Waals surface area contributed by atoms with E-state index in [-0.39, 0.29) is 23.9 Å². The first-order chi connectivity index (χ1) is 24.2. The minimum Gasteiger partial charge on any atom is -0.465 e. The molecule has 0 spiro atoms. The zero-order chi connectivity index (χ0) is 35.8. The molecule has 1 saturated carbocycles. The molecule has 1 aliphatic rings. The van der Waals surface area contributed by atoms with Crippen LogP contribution in [0.1, 0.15) is 118 Å². The first-order valence-corrected chi connectivity index (χ1v) is 19.7. The third kappa shape index (κ3) is 12.5. The molecule has 10 heteroatoms. The van der Waals surface area contributed by atoms with Crippen LogP contribution in [0.15, 0.2) is 59.1 Å². The topological polar surface area (TPSA) is 103 Å². The molecule has 0 unspecified atom stereocenters. The van der Waals surface area contributed by atoms with E-state index in [4.69, 9.17) is 38.4 Å². The fourth-order valence-electron chi connectivity index (χ4n) is 6.56.